The Hall–Kier alpha value is -1.46. The van der Waals surface area contributed by atoms with Gasteiger partial charge in [-0.25, -0.2) is 4.68 Å². The molecule has 2 aromatic rings. The fraction of sp³-hybridized carbons (Fsp3) is 0.500. The summed E-state index contributed by atoms with van der Waals surface area (Å²) in [5.41, 5.74) is 2.68. The number of aromatic nitrogens is 3. The zero-order valence-electron chi connectivity index (χ0n) is 13.3. The predicted molar refractivity (Wildman–Crippen MR) is 88.7 cm³/mol. The highest BCUT2D eigenvalue weighted by Gasteiger charge is 2.07. The largest absolute Gasteiger partial charge is 0.304 e. The third-order valence-corrected chi connectivity index (χ3v) is 3.99. The summed E-state index contributed by atoms with van der Waals surface area (Å²) in [5, 5.41) is 4.38. The molecule has 0 amide bonds. The van der Waals surface area contributed by atoms with Crippen molar-refractivity contribution in [3.63, 3.8) is 0 Å². The van der Waals surface area contributed by atoms with Crippen molar-refractivity contribution in [1.82, 2.24) is 19.2 Å². The van der Waals surface area contributed by atoms with Gasteiger partial charge in [0, 0.05) is 12.6 Å². The number of benzene rings is 1. The van der Waals surface area contributed by atoms with Gasteiger partial charge in [-0.15, -0.1) is 0 Å². The van der Waals surface area contributed by atoms with E-state index in [0.29, 0.717) is 12.7 Å². The Kier molecular flexibility index (Phi) is 5.31. The van der Waals surface area contributed by atoms with Gasteiger partial charge in [0.15, 0.2) is 4.77 Å². The molecule has 0 radical (unpaired) electrons. The molecule has 0 aliphatic heterocycles. The molecular formula is C16H24N4S. The summed E-state index contributed by atoms with van der Waals surface area (Å²) in [6.07, 6.45) is 2.90. The van der Waals surface area contributed by atoms with Gasteiger partial charge in [0.2, 0.25) is 0 Å². The van der Waals surface area contributed by atoms with Crippen LogP contribution in [-0.4, -0.2) is 26.3 Å². The van der Waals surface area contributed by atoms with Crippen LogP contribution in [0.1, 0.15) is 37.9 Å². The smallest absolute Gasteiger partial charge is 0.199 e. The van der Waals surface area contributed by atoms with E-state index in [0.717, 1.165) is 17.7 Å². The molecule has 5 heteroatoms. The molecule has 0 aliphatic carbocycles. The van der Waals surface area contributed by atoms with Gasteiger partial charge in [-0.1, -0.05) is 31.2 Å². The highest BCUT2D eigenvalue weighted by Crippen LogP contribution is 2.09. The Bertz CT molecular complexity index is 624. The van der Waals surface area contributed by atoms with Crippen LogP contribution in [0.4, 0.5) is 0 Å². The lowest BCUT2D eigenvalue weighted by Gasteiger charge is -2.17. The fourth-order valence-corrected chi connectivity index (χ4v) is 2.63. The van der Waals surface area contributed by atoms with E-state index in [1.54, 1.807) is 0 Å². The molecule has 4 nitrogen and oxygen atoms in total. The molecule has 0 aliphatic rings. The highest BCUT2D eigenvalue weighted by molar-refractivity contribution is 7.71. The van der Waals surface area contributed by atoms with Crippen molar-refractivity contribution in [2.75, 3.05) is 7.05 Å². The second-order valence-corrected chi connectivity index (χ2v) is 6.10. The molecule has 1 aromatic carbocycles. The van der Waals surface area contributed by atoms with Gasteiger partial charge >= 0.3 is 0 Å². The van der Waals surface area contributed by atoms with Crippen LogP contribution in [0.15, 0.2) is 30.6 Å². The minimum Gasteiger partial charge on any atom is -0.304 e. The van der Waals surface area contributed by atoms with E-state index in [-0.39, 0.29) is 0 Å². The topological polar surface area (TPSA) is 26.0 Å². The third kappa shape index (κ3) is 4.02. The van der Waals surface area contributed by atoms with E-state index in [9.17, 15) is 0 Å². The SMILES string of the molecule is CCc1ccc(CN(C)Cn2ncn(C(C)C)c2=S)cc1. The minimum atomic E-state index is 0.346. The average molecular weight is 304 g/mol. The Morgan fingerprint density at radius 2 is 1.81 bits per heavy atom. The van der Waals surface area contributed by atoms with Crippen LogP contribution in [-0.2, 0) is 19.6 Å². The van der Waals surface area contributed by atoms with Crippen molar-refractivity contribution in [3.05, 3.63) is 46.5 Å². The maximum absolute atomic E-state index is 5.45. The monoisotopic (exact) mass is 304 g/mol. The van der Waals surface area contributed by atoms with Crippen molar-refractivity contribution < 1.29 is 0 Å². The molecule has 0 atom stereocenters. The van der Waals surface area contributed by atoms with Crippen molar-refractivity contribution in [2.45, 2.75) is 46.4 Å². The molecule has 1 aromatic heterocycles. The van der Waals surface area contributed by atoms with Crippen LogP contribution >= 0.6 is 12.2 Å². The van der Waals surface area contributed by atoms with E-state index in [1.807, 2.05) is 15.6 Å². The van der Waals surface area contributed by atoms with Crippen LogP contribution in [0.25, 0.3) is 0 Å². The van der Waals surface area contributed by atoms with Crippen molar-refractivity contribution in [1.29, 1.82) is 0 Å². The van der Waals surface area contributed by atoms with Crippen LogP contribution < -0.4 is 0 Å². The van der Waals surface area contributed by atoms with Gasteiger partial charge < -0.3 is 4.57 Å². The van der Waals surface area contributed by atoms with Gasteiger partial charge in [-0.05, 0) is 50.7 Å². The summed E-state index contributed by atoms with van der Waals surface area (Å²) in [6, 6.07) is 9.13. The second-order valence-electron chi connectivity index (χ2n) is 5.74. The van der Waals surface area contributed by atoms with Gasteiger partial charge in [-0.2, -0.15) is 5.10 Å². The van der Waals surface area contributed by atoms with E-state index < -0.39 is 0 Å². The second kappa shape index (κ2) is 7.00. The molecule has 0 bridgehead atoms. The van der Waals surface area contributed by atoms with Crippen LogP contribution in [0.2, 0.25) is 0 Å². The Morgan fingerprint density at radius 1 is 1.19 bits per heavy atom. The predicted octanol–water partition coefficient (Wildman–Crippen LogP) is 3.65. The van der Waals surface area contributed by atoms with E-state index in [1.165, 1.54) is 11.1 Å². The summed E-state index contributed by atoms with van der Waals surface area (Å²) >= 11 is 5.45. The first kappa shape index (κ1) is 15.9. The minimum absolute atomic E-state index is 0.346. The maximum atomic E-state index is 5.45. The quantitative estimate of drug-likeness (QED) is 0.762. The summed E-state index contributed by atoms with van der Waals surface area (Å²) in [6.45, 7) is 7.99. The lowest BCUT2D eigenvalue weighted by Crippen LogP contribution is -2.22. The molecule has 0 unspecified atom stereocenters. The van der Waals surface area contributed by atoms with Crippen LogP contribution in [0, 0.1) is 4.77 Å². The molecule has 114 valence electrons. The zero-order valence-corrected chi connectivity index (χ0v) is 14.1. The average Bonchev–Trinajstić information content (AvgIpc) is 2.81. The summed E-state index contributed by atoms with van der Waals surface area (Å²) in [7, 11) is 2.09. The summed E-state index contributed by atoms with van der Waals surface area (Å²) in [5.74, 6) is 0. The van der Waals surface area contributed by atoms with Gasteiger partial charge in [-0.3, -0.25) is 4.90 Å². The van der Waals surface area contributed by atoms with Gasteiger partial charge in [0.05, 0.1) is 6.67 Å². The van der Waals surface area contributed by atoms with Gasteiger partial charge in [0.1, 0.15) is 6.33 Å². The van der Waals surface area contributed by atoms with Crippen molar-refractivity contribution in [3.8, 4) is 0 Å². The van der Waals surface area contributed by atoms with Crippen molar-refractivity contribution in [2.24, 2.45) is 0 Å². The first-order valence-corrected chi connectivity index (χ1v) is 7.82. The molecule has 2 rings (SSSR count). The number of aryl methyl sites for hydroxylation is 1. The zero-order chi connectivity index (χ0) is 15.4. The molecule has 0 fully saturated rings. The fourth-order valence-electron chi connectivity index (χ4n) is 2.27. The van der Waals surface area contributed by atoms with E-state index in [4.69, 9.17) is 12.2 Å². The standard InChI is InChI=1S/C16H24N4S/c1-5-14-6-8-15(9-7-14)10-18(4)12-20-16(21)19(11-17-20)13(2)3/h6-9,11,13H,5,10,12H2,1-4H3. The molecule has 0 N–H and O–H groups in total. The number of hydrogen-bond acceptors (Lipinski definition) is 3. The summed E-state index contributed by atoms with van der Waals surface area (Å²) in [4.78, 5) is 2.22. The lowest BCUT2D eigenvalue weighted by atomic mass is 10.1. The third-order valence-electron chi connectivity index (χ3n) is 3.57. The molecule has 0 saturated carbocycles. The van der Waals surface area contributed by atoms with E-state index >= 15 is 0 Å². The molecule has 21 heavy (non-hydrogen) atoms. The van der Waals surface area contributed by atoms with Crippen LogP contribution in [0.3, 0.4) is 0 Å². The first-order chi connectivity index (χ1) is 10.0. The summed E-state index contributed by atoms with van der Waals surface area (Å²) < 4.78 is 4.66. The van der Waals surface area contributed by atoms with Crippen molar-refractivity contribution >= 4 is 12.2 Å². The molecular weight excluding hydrogens is 280 g/mol. The Balaban J connectivity index is 2.01. The lowest BCUT2D eigenvalue weighted by molar-refractivity contribution is 0.243. The number of rotatable bonds is 6. The maximum Gasteiger partial charge on any atom is 0.199 e. The van der Waals surface area contributed by atoms with Crippen LogP contribution in [0.5, 0.6) is 0 Å². The highest BCUT2D eigenvalue weighted by atomic mass is 32.1. The van der Waals surface area contributed by atoms with E-state index in [2.05, 4.69) is 62.1 Å². The Morgan fingerprint density at radius 3 is 2.33 bits per heavy atom. The van der Waals surface area contributed by atoms with Gasteiger partial charge in [0.25, 0.3) is 0 Å². The normalized spacial score (nSPS) is 11.5. The molecule has 1 heterocycles. The number of hydrogen-bond donors (Lipinski definition) is 0. The molecule has 0 saturated heterocycles. The first-order valence-electron chi connectivity index (χ1n) is 7.41. The Labute approximate surface area is 132 Å². The molecule has 0 spiro atoms. The number of nitrogens with zero attached hydrogens (tertiary/aromatic N) is 4.